The molecule has 1 heterocycles. The lowest BCUT2D eigenvalue weighted by Crippen LogP contribution is -2.14. The van der Waals surface area contributed by atoms with E-state index in [4.69, 9.17) is 0 Å². The number of carbonyl (C=O) groups excluding carboxylic acids is 1. The van der Waals surface area contributed by atoms with E-state index in [1.807, 2.05) is 31.2 Å². The van der Waals surface area contributed by atoms with E-state index in [-0.39, 0.29) is 11.4 Å². The molecule has 0 radical (unpaired) electrons. The van der Waals surface area contributed by atoms with Gasteiger partial charge in [0.2, 0.25) is 11.7 Å². The number of nitrogens with zero attached hydrogens (tertiary/aromatic N) is 4. The third kappa shape index (κ3) is 4.34. The summed E-state index contributed by atoms with van der Waals surface area (Å²) >= 11 is 1.18. The number of nitrogens with one attached hydrogen (secondary N) is 1. The first-order chi connectivity index (χ1) is 13.3. The first kappa shape index (κ1) is 19.5. The zero-order chi connectivity index (χ0) is 20.3. The number of amides is 1. The number of thioether (sulfide) groups is 1. The van der Waals surface area contributed by atoms with Crippen LogP contribution in [0.25, 0.3) is 11.4 Å². The molecule has 0 unspecified atom stereocenters. The van der Waals surface area contributed by atoms with Gasteiger partial charge in [0.25, 0.3) is 0 Å². The Kier molecular flexibility index (Phi) is 5.69. The van der Waals surface area contributed by atoms with Crippen molar-refractivity contribution in [1.82, 2.24) is 14.8 Å². The summed E-state index contributed by atoms with van der Waals surface area (Å²) in [5, 5.41) is 22.1. The largest absolute Gasteiger partial charge is 0.325 e. The summed E-state index contributed by atoms with van der Waals surface area (Å²) in [6.07, 6.45) is 0. The molecule has 0 spiro atoms. The molecule has 8 nitrogen and oxygen atoms in total. The number of nitro groups is 1. The van der Waals surface area contributed by atoms with Crippen LogP contribution in [-0.2, 0) is 11.8 Å². The van der Waals surface area contributed by atoms with Gasteiger partial charge in [0.05, 0.1) is 10.7 Å². The lowest BCUT2D eigenvalue weighted by Gasteiger charge is -2.06. The maximum atomic E-state index is 13.4. The Hall–Kier alpha value is -3.27. The van der Waals surface area contributed by atoms with E-state index < -0.39 is 22.3 Å². The molecule has 10 heteroatoms. The van der Waals surface area contributed by atoms with Gasteiger partial charge in [-0.2, -0.15) is 4.39 Å². The summed E-state index contributed by atoms with van der Waals surface area (Å²) in [6, 6.07) is 11.0. The molecule has 2 aromatic carbocycles. The summed E-state index contributed by atoms with van der Waals surface area (Å²) in [5.41, 5.74) is 1.51. The first-order valence-corrected chi connectivity index (χ1v) is 9.16. The van der Waals surface area contributed by atoms with Crippen molar-refractivity contribution in [2.45, 2.75) is 12.1 Å². The standard InChI is InChI=1S/C18H16FN5O3S/c1-11-3-5-12(6-4-11)17-21-22-18(23(17)2)28-10-16(25)20-13-7-8-14(19)15(9-13)24(26)27/h3-9H,10H2,1-2H3,(H,20,25). The molecule has 144 valence electrons. The average Bonchev–Trinajstić information content (AvgIpc) is 3.02. The predicted octanol–water partition coefficient (Wildman–Crippen LogP) is 3.57. The number of hydrogen-bond donors (Lipinski definition) is 1. The normalized spacial score (nSPS) is 10.7. The van der Waals surface area contributed by atoms with Gasteiger partial charge < -0.3 is 9.88 Å². The Morgan fingerprint density at radius 3 is 2.64 bits per heavy atom. The average molecular weight is 401 g/mol. The van der Waals surface area contributed by atoms with Gasteiger partial charge in [0.15, 0.2) is 11.0 Å². The van der Waals surface area contributed by atoms with Crippen molar-refractivity contribution in [3.63, 3.8) is 0 Å². The molecule has 0 aliphatic carbocycles. The van der Waals surface area contributed by atoms with Gasteiger partial charge in [-0.1, -0.05) is 41.6 Å². The second-order valence-electron chi connectivity index (χ2n) is 5.99. The highest BCUT2D eigenvalue weighted by Crippen LogP contribution is 2.24. The molecule has 28 heavy (non-hydrogen) atoms. The van der Waals surface area contributed by atoms with Crippen LogP contribution in [0.2, 0.25) is 0 Å². The van der Waals surface area contributed by atoms with Crippen LogP contribution in [0.5, 0.6) is 0 Å². The van der Waals surface area contributed by atoms with Crippen LogP contribution in [-0.4, -0.2) is 31.3 Å². The third-order valence-electron chi connectivity index (χ3n) is 3.90. The zero-order valence-electron chi connectivity index (χ0n) is 15.0. The van der Waals surface area contributed by atoms with Crippen LogP contribution in [0.15, 0.2) is 47.6 Å². The van der Waals surface area contributed by atoms with Gasteiger partial charge >= 0.3 is 5.69 Å². The molecule has 0 saturated carbocycles. The Morgan fingerprint density at radius 2 is 1.96 bits per heavy atom. The molecule has 1 N–H and O–H groups in total. The lowest BCUT2D eigenvalue weighted by atomic mass is 10.1. The van der Waals surface area contributed by atoms with Crippen LogP contribution in [0.3, 0.4) is 0 Å². The summed E-state index contributed by atoms with van der Waals surface area (Å²) in [7, 11) is 1.80. The number of aromatic nitrogens is 3. The van der Waals surface area contributed by atoms with E-state index in [9.17, 15) is 19.3 Å². The highest BCUT2D eigenvalue weighted by atomic mass is 32.2. The second-order valence-corrected chi connectivity index (χ2v) is 6.93. The SMILES string of the molecule is Cc1ccc(-c2nnc(SCC(=O)Nc3ccc(F)c([N+](=O)[O-])c3)n2C)cc1. The van der Waals surface area contributed by atoms with Crippen LogP contribution in [0.1, 0.15) is 5.56 Å². The molecule has 0 saturated heterocycles. The smallest absolute Gasteiger partial charge is 0.306 e. The molecule has 0 aliphatic rings. The Bertz CT molecular complexity index is 1040. The molecule has 3 aromatic rings. The fourth-order valence-electron chi connectivity index (χ4n) is 2.45. The molecule has 0 fully saturated rings. The van der Waals surface area contributed by atoms with Crippen LogP contribution in [0, 0.1) is 22.9 Å². The van der Waals surface area contributed by atoms with E-state index in [2.05, 4.69) is 15.5 Å². The summed E-state index contributed by atoms with van der Waals surface area (Å²) in [5.74, 6) is -0.659. The Balaban J connectivity index is 1.65. The maximum absolute atomic E-state index is 13.4. The Labute approximate surface area is 163 Å². The summed E-state index contributed by atoms with van der Waals surface area (Å²) in [4.78, 5) is 22.1. The minimum absolute atomic E-state index is 0.0189. The molecule has 0 bridgehead atoms. The maximum Gasteiger partial charge on any atom is 0.306 e. The van der Waals surface area contributed by atoms with Crippen molar-refractivity contribution in [1.29, 1.82) is 0 Å². The van der Waals surface area contributed by atoms with Crippen LogP contribution < -0.4 is 5.32 Å². The number of aryl methyl sites for hydroxylation is 1. The Morgan fingerprint density at radius 1 is 1.25 bits per heavy atom. The van der Waals surface area contributed by atoms with Crippen molar-refractivity contribution in [3.05, 3.63) is 64.0 Å². The highest BCUT2D eigenvalue weighted by molar-refractivity contribution is 7.99. The number of carbonyl (C=O) groups is 1. The highest BCUT2D eigenvalue weighted by Gasteiger charge is 2.16. The molecular formula is C18H16FN5O3S. The van der Waals surface area contributed by atoms with Gasteiger partial charge in [-0.3, -0.25) is 14.9 Å². The lowest BCUT2D eigenvalue weighted by molar-refractivity contribution is -0.387. The van der Waals surface area contributed by atoms with Gasteiger partial charge in [-0.15, -0.1) is 10.2 Å². The molecule has 3 rings (SSSR count). The summed E-state index contributed by atoms with van der Waals surface area (Å²) in [6.45, 7) is 2.00. The van der Waals surface area contributed by atoms with E-state index >= 15 is 0 Å². The van der Waals surface area contributed by atoms with Crippen molar-refractivity contribution >= 4 is 29.0 Å². The van der Waals surface area contributed by atoms with Gasteiger partial charge in [-0.25, -0.2) is 0 Å². The number of anilines is 1. The second kappa shape index (κ2) is 8.17. The third-order valence-corrected chi connectivity index (χ3v) is 4.92. The van der Waals surface area contributed by atoms with Gasteiger partial charge in [0.1, 0.15) is 0 Å². The van der Waals surface area contributed by atoms with Crippen molar-refractivity contribution in [2.75, 3.05) is 11.1 Å². The fourth-order valence-corrected chi connectivity index (χ4v) is 3.16. The van der Waals surface area contributed by atoms with Crippen molar-refractivity contribution < 1.29 is 14.1 Å². The summed E-state index contributed by atoms with van der Waals surface area (Å²) < 4.78 is 15.1. The number of halogens is 1. The predicted molar refractivity (Wildman–Crippen MR) is 104 cm³/mol. The van der Waals surface area contributed by atoms with Crippen LogP contribution in [0.4, 0.5) is 15.8 Å². The molecule has 0 aliphatic heterocycles. The molecule has 1 aromatic heterocycles. The number of rotatable bonds is 6. The fraction of sp³-hybridized carbons (Fsp3) is 0.167. The van der Waals surface area contributed by atoms with E-state index in [1.54, 1.807) is 11.6 Å². The van der Waals surface area contributed by atoms with E-state index in [0.717, 1.165) is 23.3 Å². The monoisotopic (exact) mass is 401 g/mol. The molecule has 1 amide bonds. The topological polar surface area (TPSA) is 103 Å². The van der Waals surface area contributed by atoms with Gasteiger partial charge in [0, 0.05) is 24.4 Å². The minimum atomic E-state index is -0.958. The zero-order valence-corrected chi connectivity index (χ0v) is 15.9. The minimum Gasteiger partial charge on any atom is -0.325 e. The number of nitro benzene ring substituents is 1. The molecule has 0 atom stereocenters. The first-order valence-electron chi connectivity index (χ1n) is 8.18. The van der Waals surface area contributed by atoms with Crippen LogP contribution >= 0.6 is 11.8 Å². The van der Waals surface area contributed by atoms with E-state index in [1.165, 1.54) is 17.8 Å². The number of hydrogen-bond acceptors (Lipinski definition) is 6. The number of benzene rings is 2. The van der Waals surface area contributed by atoms with Crippen molar-refractivity contribution in [2.24, 2.45) is 7.05 Å². The van der Waals surface area contributed by atoms with E-state index in [0.29, 0.717) is 11.0 Å². The quantitative estimate of drug-likeness (QED) is 0.385. The molecular weight excluding hydrogens is 385 g/mol. The van der Waals surface area contributed by atoms with Crippen molar-refractivity contribution in [3.8, 4) is 11.4 Å². The van der Waals surface area contributed by atoms with Gasteiger partial charge in [-0.05, 0) is 19.1 Å².